The molecule has 2 rings (SSSR count). The minimum absolute atomic E-state index is 0.202. The van der Waals surface area contributed by atoms with E-state index in [0.717, 1.165) is 0 Å². The highest BCUT2D eigenvalue weighted by Crippen LogP contribution is 2.25. The van der Waals surface area contributed by atoms with E-state index in [0.29, 0.717) is 38.3 Å². The largest absolute Gasteiger partial charge is 0.393 e. The Morgan fingerprint density at radius 1 is 1.47 bits per heavy atom. The van der Waals surface area contributed by atoms with Gasteiger partial charge in [0.2, 0.25) is 10.0 Å². The summed E-state index contributed by atoms with van der Waals surface area (Å²) >= 11 is 0. The topological polar surface area (TPSA) is 82.5 Å². The third-order valence-corrected chi connectivity index (χ3v) is 5.09. The van der Waals surface area contributed by atoms with E-state index in [-0.39, 0.29) is 4.90 Å². The van der Waals surface area contributed by atoms with Crippen LogP contribution in [0.5, 0.6) is 0 Å². The molecule has 6 nitrogen and oxygen atoms in total. The molecule has 0 unspecified atom stereocenters. The summed E-state index contributed by atoms with van der Waals surface area (Å²) in [6.45, 7) is 3.20. The summed E-state index contributed by atoms with van der Waals surface area (Å²) in [6.07, 6.45) is 2.14. The third kappa shape index (κ3) is 3.05. The molecule has 0 spiro atoms. The van der Waals surface area contributed by atoms with Crippen LogP contribution in [-0.4, -0.2) is 48.6 Å². The first-order valence-electron chi connectivity index (χ1n) is 6.42. The van der Waals surface area contributed by atoms with Crippen molar-refractivity contribution in [1.29, 1.82) is 0 Å². The minimum atomic E-state index is -3.54. The maximum Gasteiger partial charge on any atom is 0.246 e. The Kier molecular flexibility index (Phi) is 4.38. The maximum atomic E-state index is 12.6. The van der Waals surface area contributed by atoms with Gasteiger partial charge in [-0.05, 0) is 31.9 Å². The zero-order chi connectivity index (χ0) is 13.9. The molecule has 7 heteroatoms. The SMILES string of the molecule is CCNc1ncccc1S(=O)(=O)N1CCC(O)CC1. The Morgan fingerprint density at radius 2 is 2.16 bits per heavy atom. The zero-order valence-electron chi connectivity index (χ0n) is 10.9. The molecular weight excluding hydrogens is 266 g/mol. The summed E-state index contributed by atoms with van der Waals surface area (Å²) < 4.78 is 26.5. The quantitative estimate of drug-likeness (QED) is 0.849. The Balaban J connectivity index is 2.29. The molecule has 0 atom stereocenters. The summed E-state index contributed by atoms with van der Waals surface area (Å²) in [7, 11) is -3.54. The molecule has 0 bridgehead atoms. The van der Waals surface area contributed by atoms with Gasteiger partial charge in [-0.15, -0.1) is 0 Å². The van der Waals surface area contributed by atoms with E-state index in [1.807, 2.05) is 6.92 Å². The first kappa shape index (κ1) is 14.2. The molecule has 19 heavy (non-hydrogen) atoms. The number of nitrogens with zero attached hydrogens (tertiary/aromatic N) is 2. The van der Waals surface area contributed by atoms with E-state index in [4.69, 9.17) is 0 Å². The van der Waals surface area contributed by atoms with Crippen LogP contribution in [0.2, 0.25) is 0 Å². The van der Waals surface area contributed by atoms with Gasteiger partial charge in [-0.3, -0.25) is 0 Å². The predicted molar refractivity (Wildman–Crippen MR) is 72.4 cm³/mol. The normalized spacial score (nSPS) is 18.4. The molecule has 106 valence electrons. The highest BCUT2D eigenvalue weighted by molar-refractivity contribution is 7.89. The van der Waals surface area contributed by atoms with E-state index in [1.165, 1.54) is 4.31 Å². The van der Waals surface area contributed by atoms with Crippen LogP contribution < -0.4 is 5.32 Å². The fourth-order valence-corrected chi connectivity index (χ4v) is 3.71. The molecule has 0 radical (unpaired) electrons. The lowest BCUT2D eigenvalue weighted by Gasteiger charge is -2.29. The Morgan fingerprint density at radius 3 is 2.79 bits per heavy atom. The first-order chi connectivity index (χ1) is 9.05. The van der Waals surface area contributed by atoms with Crippen LogP contribution in [0.15, 0.2) is 23.2 Å². The summed E-state index contributed by atoms with van der Waals surface area (Å²) in [5.74, 6) is 0.385. The van der Waals surface area contributed by atoms with Crippen molar-refractivity contribution in [3.8, 4) is 0 Å². The van der Waals surface area contributed by atoms with Gasteiger partial charge < -0.3 is 10.4 Å². The molecule has 1 aromatic heterocycles. The van der Waals surface area contributed by atoms with Crippen LogP contribution in [0.25, 0.3) is 0 Å². The van der Waals surface area contributed by atoms with Crippen molar-refractivity contribution in [2.45, 2.75) is 30.8 Å². The number of hydrogen-bond acceptors (Lipinski definition) is 5. The van der Waals surface area contributed by atoms with E-state index in [1.54, 1.807) is 18.3 Å². The van der Waals surface area contributed by atoms with Crippen LogP contribution in [0.4, 0.5) is 5.82 Å². The van der Waals surface area contributed by atoms with Gasteiger partial charge in [0.25, 0.3) is 0 Å². The number of aliphatic hydroxyl groups is 1. The first-order valence-corrected chi connectivity index (χ1v) is 7.87. The zero-order valence-corrected chi connectivity index (χ0v) is 11.7. The lowest BCUT2D eigenvalue weighted by molar-refractivity contribution is 0.113. The average Bonchev–Trinajstić information content (AvgIpc) is 2.40. The molecule has 2 N–H and O–H groups in total. The number of sulfonamides is 1. The van der Waals surface area contributed by atoms with Crippen LogP contribution in [0.1, 0.15) is 19.8 Å². The summed E-state index contributed by atoms with van der Waals surface area (Å²) in [6, 6.07) is 3.18. The van der Waals surface area contributed by atoms with Crippen LogP contribution in [-0.2, 0) is 10.0 Å². The number of piperidine rings is 1. The van der Waals surface area contributed by atoms with Crippen LogP contribution >= 0.6 is 0 Å². The highest BCUT2D eigenvalue weighted by Gasteiger charge is 2.30. The lowest BCUT2D eigenvalue weighted by atomic mass is 10.1. The van der Waals surface area contributed by atoms with E-state index < -0.39 is 16.1 Å². The second-order valence-electron chi connectivity index (χ2n) is 4.52. The summed E-state index contributed by atoms with van der Waals surface area (Å²) in [5.41, 5.74) is 0. The third-order valence-electron chi connectivity index (χ3n) is 3.16. The fourth-order valence-electron chi connectivity index (χ4n) is 2.12. The van der Waals surface area contributed by atoms with Crippen molar-refractivity contribution in [3.63, 3.8) is 0 Å². The second-order valence-corrected chi connectivity index (χ2v) is 6.42. The molecule has 0 saturated carbocycles. The van der Waals surface area contributed by atoms with E-state index >= 15 is 0 Å². The van der Waals surface area contributed by atoms with E-state index in [9.17, 15) is 13.5 Å². The Bertz CT molecular complexity index is 525. The van der Waals surface area contributed by atoms with Gasteiger partial charge in [-0.25, -0.2) is 13.4 Å². The standard InChI is InChI=1S/C12H19N3O3S/c1-2-13-12-11(4-3-7-14-12)19(17,18)15-8-5-10(16)6-9-15/h3-4,7,10,16H,2,5-6,8-9H2,1H3,(H,13,14). The van der Waals surface area contributed by atoms with Crippen molar-refractivity contribution in [2.24, 2.45) is 0 Å². The number of aliphatic hydroxyl groups excluding tert-OH is 1. The van der Waals surface area contributed by atoms with Gasteiger partial charge in [0, 0.05) is 25.8 Å². The molecule has 1 aromatic rings. The van der Waals surface area contributed by atoms with Gasteiger partial charge in [-0.1, -0.05) is 0 Å². The predicted octanol–water partition coefficient (Wildman–Crippen LogP) is 0.659. The summed E-state index contributed by atoms with van der Waals surface area (Å²) in [4.78, 5) is 4.28. The lowest BCUT2D eigenvalue weighted by Crippen LogP contribution is -2.40. The molecule has 2 heterocycles. The van der Waals surface area contributed by atoms with E-state index in [2.05, 4.69) is 10.3 Å². The maximum absolute atomic E-state index is 12.6. The fraction of sp³-hybridized carbons (Fsp3) is 0.583. The van der Waals surface area contributed by atoms with Gasteiger partial charge >= 0.3 is 0 Å². The highest BCUT2D eigenvalue weighted by atomic mass is 32.2. The monoisotopic (exact) mass is 285 g/mol. The smallest absolute Gasteiger partial charge is 0.246 e. The van der Waals surface area contributed by atoms with Crippen molar-refractivity contribution in [2.75, 3.05) is 25.0 Å². The molecule has 1 aliphatic rings. The van der Waals surface area contributed by atoms with Crippen molar-refractivity contribution >= 4 is 15.8 Å². The molecule has 1 aliphatic heterocycles. The molecule has 1 fully saturated rings. The number of aromatic nitrogens is 1. The van der Waals surface area contributed by atoms with Gasteiger partial charge in [0.1, 0.15) is 10.7 Å². The van der Waals surface area contributed by atoms with Gasteiger partial charge in [0.05, 0.1) is 6.10 Å². The van der Waals surface area contributed by atoms with Crippen molar-refractivity contribution < 1.29 is 13.5 Å². The second kappa shape index (κ2) is 5.85. The number of anilines is 1. The van der Waals surface area contributed by atoms with Gasteiger partial charge in [-0.2, -0.15) is 4.31 Å². The molecule has 1 saturated heterocycles. The number of hydrogen-bond donors (Lipinski definition) is 2. The van der Waals surface area contributed by atoms with Crippen molar-refractivity contribution in [1.82, 2.24) is 9.29 Å². The Hall–Kier alpha value is -1.18. The molecule has 0 amide bonds. The summed E-state index contributed by atoms with van der Waals surface area (Å²) in [5, 5.41) is 12.4. The molecule has 0 aromatic carbocycles. The van der Waals surface area contributed by atoms with Gasteiger partial charge in [0.15, 0.2) is 0 Å². The number of nitrogens with one attached hydrogen (secondary N) is 1. The molecule has 0 aliphatic carbocycles. The number of rotatable bonds is 4. The number of pyridine rings is 1. The van der Waals surface area contributed by atoms with Crippen LogP contribution in [0.3, 0.4) is 0 Å². The minimum Gasteiger partial charge on any atom is -0.393 e. The van der Waals surface area contributed by atoms with Crippen LogP contribution in [0, 0.1) is 0 Å². The Labute approximate surface area is 113 Å². The average molecular weight is 285 g/mol. The van der Waals surface area contributed by atoms with Crippen molar-refractivity contribution in [3.05, 3.63) is 18.3 Å². The molecular formula is C12H19N3O3S.